The van der Waals surface area contributed by atoms with Gasteiger partial charge < -0.3 is 15.4 Å². The summed E-state index contributed by atoms with van der Waals surface area (Å²) >= 11 is 5.89. The van der Waals surface area contributed by atoms with E-state index < -0.39 is 0 Å². The quantitative estimate of drug-likeness (QED) is 0.883. The number of methoxy groups -OCH3 is 1. The Bertz CT molecular complexity index is 614. The van der Waals surface area contributed by atoms with E-state index in [0.29, 0.717) is 10.7 Å². The second-order valence-electron chi connectivity index (χ2n) is 4.59. The Labute approximate surface area is 129 Å². The lowest BCUT2D eigenvalue weighted by molar-refractivity contribution is -0.116. The van der Waals surface area contributed by atoms with Crippen LogP contribution >= 0.6 is 11.6 Å². The maximum atomic E-state index is 12.1. The second-order valence-corrected chi connectivity index (χ2v) is 5.03. The molecule has 0 saturated carbocycles. The fraction of sp³-hybridized carbons (Fsp3) is 0.188. The van der Waals surface area contributed by atoms with Gasteiger partial charge in [0.25, 0.3) is 0 Å². The number of hydrogen-bond acceptors (Lipinski definition) is 3. The lowest BCUT2D eigenvalue weighted by Crippen LogP contribution is -2.31. The molecular formula is C16H17ClN2O2. The molecule has 2 N–H and O–H groups in total. The van der Waals surface area contributed by atoms with E-state index in [1.165, 1.54) is 0 Å². The minimum atomic E-state index is -0.377. The number of hydrogen-bond donors (Lipinski definition) is 2. The minimum Gasteiger partial charge on any atom is -0.497 e. The van der Waals surface area contributed by atoms with Gasteiger partial charge in [0.1, 0.15) is 11.8 Å². The second kappa shape index (κ2) is 6.99. The lowest BCUT2D eigenvalue weighted by atomic mass is 10.2. The summed E-state index contributed by atoms with van der Waals surface area (Å²) in [6, 6.07) is 14.1. The third-order valence-electron chi connectivity index (χ3n) is 2.96. The molecule has 1 unspecified atom stereocenters. The fourth-order valence-electron chi connectivity index (χ4n) is 1.82. The van der Waals surface area contributed by atoms with E-state index in [0.717, 1.165) is 11.4 Å². The zero-order valence-corrected chi connectivity index (χ0v) is 12.6. The summed E-state index contributed by atoms with van der Waals surface area (Å²) in [5.41, 5.74) is 1.53. The van der Waals surface area contributed by atoms with Crippen molar-refractivity contribution in [2.45, 2.75) is 13.0 Å². The summed E-state index contributed by atoms with van der Waals surface area (Å²) in [5.74, 6) is 0.643. The molecule has 110 valence electrons. The van der Waals surface area contributed by atoms with Gasteiger partial charge in [0.05, 0.1) is 7.11 Å². The molecule has 0 aromatic heterocycles. The van der Waals surface area contributed by atoms with E-state index in [2.05, 4.69) is 10.6 Å². The van der Waals surface area contributed by atoms with Gasteiger partial charge in [-0.15, -0.1) is 0 Å². The highest BCUT2D eigenvalue weighted by molar-refractivity contribution is 6.30. The van der Waals surface area contributed by atoms with Gasteiger partial charge in [-0.05, 0) is 49.4 Å². The summed E-state index contributed by atoms with van der Waals surface area (Å²) < 4.78 is 5.09. The Morgan fingerprint density at radius 3 is 2.48 bits per heavy atom. The number of rotatable bonds is 5. The SMILES string of the molecule is COc1ccc(NC(C)C(=O)Nc2cccc(Cl)c2)cc1. The molecular weight excluding hydrogens is 288 g/mol. The number of nitrogens with one attached hydrogen (secondary N) is 2. The largest absolute Gasteiger partial charge is 0.497 e. The molecule has 0 saturated heterocycles. The van der Waals surface area contributed by atoms with Crippen LogP contribution in [0, 0.1) is 0 Å². The van der Waals surface area contributed by atoms with Gasteiger partial charge >= 0.3 is 0 Å². The molecule has 0 heterocycles. The number of carbonyl (C=O) groups excluding carboxylic acids is 1. The lowest BCUT2D eigenvalue weighted by Gasteiger charge is -2.15. The van der Waals surface area contributed by atoms with Gasteiger partial charge in [0, 0.05) is 16.4 Å². The zero-order valence-electron chi connectivity index (χ0n) is 11.9. The molecule has 1 amide bonds. The average molecular weight is 305 g/mol. The Hall–Kier alpha value is -2.20. The van der Waals surface area contributed by atoms with Crippen LogP contribution in [0.4, 0.5) is 11.4 Å². The average Bonchev–Trinajstić information content (AvgIpc) is 2.48. The van der Waals surface area contributed by atoms with Gasteiger partial charge in [-0.2, -0.15) is 0 Å². The Balaban J connectivity index is 1.95. The normalized spacial score (nSPS) is 11.6. The highest BCUT2D eigenvalue weighted by Crippen LogP contribution is 2.17. The maximum Gasteiger partial charge on any atom is 0.246 e. The molecule has 0 fully saturated rings. The van der Waals surface area contributed by atoms with E-state index in [9.17, 15) is 4.79 Å². The van der Waals surface area contributed by atoms with Crippen LogP contribution in [0.3, 0.4) is 0 Å². The van der Waals surface area contributed by atoms with Crippen molar-refractivity contribution in [1.29, 1.82) is 0 Å². The molecule has 0 radical (unpaired) electrons. The van der Waals surface area contributed by atoms with E-state index in [1.54, 1.807) is 38.3 Å². The number of ether oxygens (including phenoxy) is 1. The Morgan fingerprint density at radius 2 is 1.86 bits per heavy atom. The van der Waals surface area contributed by atoms with Crippen molar-refractivity contribution in [2.24, 2.45) is 0 Å². The van der Waals surface area contributed by atoms with E-state index in [1.807, 2.05) is 24.3 Å². The first-order valence-corrected chi connectivity index (χ1v) is 6.93. The number of benzene rings is 2. The molecule has 0 aliphatic heterocycles. The molecule has 4 nitrogen and oxygen atoms in total. The van der Waals surface area contributed by atoms with Crippen molar-refractivity contribution in [3.63, 3.8) is 0 Å². The third kappa shape index (κ3) is 4.39. The third-order valence-corrected chi connectivity index (χ3v) is 3.19. The van der Waals surface area contributed by atoms with Crippen molar-refractivity contribution in [2.75, 3.05) is 17.7 Å². The monoisotopic (exact) mass is 304 g/mol. The van der Waals surface area contributed by atoms with Crippen molar-refractivity contribution in [1.82, 2.24) is 0 Å². The van der Waals surface area contributed by atoms with Crippen LogP contribution in [-0.2, 0) is 4.79 Å². The molecule has 0 aliphatic carbocycles. The summed E-state index contributed by atoms with van der Waals surface area (Å²) in [6.45, 7) is 1.80. The van der Waals surface area contributed by atoms with Gasteiger partial charge in [0.15, 0.2) is 0 Å². The minimum absolute atomic E-state index is 0.131. The first-order chi connectivity index (χ1) is 10.1. The standard InChI is InChI=1S/C16H17ClN2O2/c1-11(18-13-6-8-15(21-2)9-7-13)16(20)19-14-5-3-4-12(17)10-14/h3-11,18H,1-2H3,(H,19,20). The van der Waals surface area contributed by atoms with E-state index in [-0.39, 0.29) is 11.9 Å². The highest BCUT2D eigenvalue weighted by Gasteiger charge is 2.12. The number of anilines is 2. The van der Waals surface area contributed by atoms with Crippen LogP contribution in [0.15, 0.2) is 48.5 Å². The molecule has 2 aromatic carbocycles. The Morgan fingerprint density at radius 1 is 1.14 bits per heavy atom. The summed E-state index contributed by atoms with van der Waals surface area (Å²) in [7, 11) is 1.61. The van der Waals surface area contributed by atoms with Gasteiger partial charge in [-0.1, -0.05) is 17.7 Å². The van der Waals surface area contributed by atoms with Crippen molar-refractivity contribution in [3.05, 3.63) is 53.6 Å². The maximum absolute atomic E-state index is 12.1. The summed E-state index contributed by atoms with van der Waals surface area (Å²) in [6.07, 6.45) is 0. The molecule has 1 atom stereocenters. The van der Waals surface area contributed by atoms with Gasteiger partial charge in [-0.3, -0.25) is 4.79 Å². The fourth-order valence-corrected chi connectivity index (χ4v) is 2.01. The van der Waals surface area contributed by atoms with Crippen LogP contribution in [-0.4, -0.2) is 19.1 Å². The number of amides is 1. The van der Waals surface area contributed by atoms with Crippen molar-refractivity contribution >= 4 is 28.9 Å². The van der Waals surface area contributed by atoms with Crippen LogP contribution in [0.5, 0.6) is 5.75 Å². The topological polar surface area (TPSA) is 50.4 Å². The molecule has 2 rings (SSSR count). The first kappa shape index (κ1) is 15.2. The predicted molar refractivity (Wildman–Crippen MR) is 86.2 cm³/mol. The van der Waals surface area contributed by atoms with Crippen LogP contribution in [0.25, 0.3) is 0 Å². The van der Waals surface area contributed by atoms with E-state index in [4.69, 9.17) is 16.3 Å². The molecule has 2 aromatic rings. The first-order valence-electron chi connectivity index (χ1n) is 6.55. The summed E-state index contributed by atoms with van der Waals surface area (Å²) in [4.78, 5) is 12.1. The smallest absolute Gasteiger partial charge is 0.246 e. The summed E-state index contributed by atoms with van der Waals surface area (Å²) in [5, 5.41) is 6.53. The highest BCUT2D eigenvalue weighted by atomic mass is 35.5. The molecule has 21 heavy (non-hydrogen) atoms. The Kier molecular flexibility index (Phi) is 5.06. The van der Waals surface area contributed by atoms with Gasteiger partial charge in [-0.25, -0.2) is 0 Å². The van der Waals surface area contributed by atoms with Crippen molar-refractivity contribution in [3.8, 4) is 5.75 Å². The van der Waals surface area contributed by atoms with Crippen LogP contribution < -0.4 is 15.4 Å². The molecule has 0 spiro atoms. The van der Waals surface area contributed by atoms with Gasteiger partial charge in [0.2, 0.25) is 5.91 Å². The molecule has 0 bridgehead atoms. The van der Waals surface area contributed by atoms with Crippen LogP contribution in [0.1, 0.15) is 6.92 Å². The number of carbonyl (C=O) groups is 1. The van der Waals surface area contributed by atoms with Crippen molar-refractivity contribution < 1.29 is 9.53 Å². The molecule has 0 aliphatic rings. The van der Waals surface area contributed by atoms with Crippen LogP contribution in [0.2, 0.25) is 5.02 Å². The number of halogens is 1. The molecule has 5 heteroatoms. The zero-order chi connectivity index (χ0) is 15.2. The predicted octanol–water partition coefficient (Wildman–Crippen LogP) is 3.79. The van der Waals surface area contributed by atoms with E-state index >= 15 is 0 Å².